The second-order valence-corrected chi connectivity index (χ2v) is 5.41. The van der Waals surface area contributed by atoms with Crippen LogP contribution < -0.4 is 0 Å². The molecule has 0 saturated heterocycles. The molecule has 1 N–H and O–H groups in total. The third-order valence-electron chi connectivity index (χ3n) is 3.52. The Morgan fingerprint density at radius 2 is 1.87 bits per heavy atom. The highest BCUT2D eigenvalue weighted by atomic mass is 16.6. The normalized spacial score (nSPS) is 13.2. The molecule has 1 aromatic rings. The molecule has 6 nitrogen and oxygen atoms in total. The number of aliphatic carboxylic acids is 1. The van der Waals surface area contributed by atoms with E-state index in [2.05, 4.69) is 0 Å². The molecule has 1 rings (SSSR count). The van der Waals surface area contributed by atoms with Crippen molar-refractivity contribution in [2.75, 3.05) is 19.8 Å². The zero-order chi connectivity index (χ0) is 17.3. The zero-order valence-corrected chi connectivity index (χ0v) is 13.9. The fraction of sp³-hybridized carbons (Fsp3) is 0.529. The van der Waals surface area contributed by atoms with Gasteiger partial charge in [0.05, 0.1) is 6.61 Å². The molecular formula is C17H25NO5. The molecule has 0 spiro atoms. The van der Waals surface area contributed by atoms with Gasteiger partial charge in [-0.15, -0.1) is 0 Å². The molecule has 1 amide bonds. The average Bonchev–Trinajstić information content (AvgIpc) is 2.56. The standard InChI is InChI=1S/C17H25NO5/c1-4-11-18(17(3,15(19)20)13-22-5-2)16(21)23-12-14-9-7-6-8-10-14/h6-10H,4-5,11-13H2,1-3H3,(H,19,20). The van der Waals surface area contributed by atoms with E-state index >= 15 is 0 Å². The van der Waals surface area contributed by atoms with E-state index in [1.807, 2.05) is 37.3 Å². The summed E-state index contributed by atoms with van der Waals surface area (Å²) in [5.74, 6) is -1.11. The number of nitrogens with zero attached hydrogens (tertiary/aromatic N) is 1. The van der Waals surface area contributed by atoms with E-state index in [9.17, 15) is 14.7 Å². The van der Waals surface area contributed by atoms with E-state index in [4.69, 9.17) is 9.47 Å². The average molecular weight is 323 g/mol. The van der Waals surface area contributed by atoms with Crippen LogP contribution in [0.4, 0.5) is 4.79 Å². The number of carbonyl (C=O) groups is 2. The quantitative estimate of drug-likeness (QED) is 0.756. The number of rotatable bonds is 9. The Bertz CT molecular complexity index is 505. The summed E-state index contributed by atoms with van der Waals surface area (Å²) in [6, 6.07) is 9.26. The molecule has 0 saturated carbocycles. The number of amides is 1. The van der Waals surface area contributed by atoms with E-state index in [1.165, 1.54) is 11.8 Å². The summed E-state index contributed by atoms with van der Waals surface area (Å²) >= 11 is 0. The van der Waals surface area contributed by atoms with Gasteiger partial charge in [-0.05, 0) is 25.8 Å². The lowest BCUT2D eigenvalue weighted by atomic mass is 10.0. The van der Waals surface area contributed by atoms with E-state index in [0.717, 1.165) is 5.56 Å². The summed E-state index contributed by atoms with van der Waals surface area (Å²) in [6.07, 6.45) is -0.0320. The first-order valence-electron chi connectivity index (χ1n) is 7.75. The van der Waals surface area contributed by atoms with Gasteiger partial charge in [0.15, 0.2) is 5.54 Å². The number of carboxylic acids is 1. The smallest absolute Gasteiger partial charge is 0.411 e. The number of carbonyl (C=O) groups excluding carboxylic acids is 1. The van der Waals surface area contributed by atoms with Crippen LogP contribution in [0.5, 0.6) is 0 Å². The molecule has 23 heavy (non-hydrogen) atoms. The van der Waals surface area contributed by atoms with Crippen molar-refractivity contribution in [3.63, 3.8) is 0 Å². The Balaban J connectivity index is 2.84. The van der Waals surface area contributed by atoms with Gasteiger partial charge in [-0.25, -0.2) is 9.59 Å². The maximum Gasteiger partial charge on any atom is 0.411 e. The van der Waals surface area contributed by atoms with E-state index in [1.54, 1.807) is 6.92 Å². The van der Waals surface area contributed by atoms with Crippen LogP contribution in [0.15, 0.2) is 30.3 Å². The molecule has 0 aromatic heterocycles. The number of hydrogen-bond donors (Lipinski definition) is 1. The number of carboxylic acid groups (broad SMARTS) is 1. The molecule has 0 aliphatic heterocycles. The Hall–Kier alpha value is -2.08. The molecule has 0 aliphatic carbocycles. The zero-order valence-electron chi connectivity index (χ0n) is 13.9. The Labute approximate surface area is 137 Å². The highest BCUT2D eigenvalue weighted by molar-refractivity contribution is 5.84. The lowest BCUT2D eigenvalue weighted by Gasteiger charge is -2.36. The molecule has 6 heteroatoms. The van der Waals surface area contributed by atoms with Crippen LogP contribution in [0.2, 0.25) is 0 Å². The van der Waals surface area contributed by atoms with Crippen molar-refractivity contribution < 1.29 is 24.2 Å². The van der Waals surface area contributed by atoms with E-state index < -0.39 is 17.6 Å². The van der Waals surface area contributed by atoms with Crippen LogP contribution in [-0.4, -0.2) is 47.4 Å². The molecule has 0 heterocycles. The molecule has 1 aromatic carbocycles. The summed E-state index contributed by atoms with van der Waals surface area (Å²) < 4.78 is 10.6. The van der Waals surface area contributed by atoms with Crippen molar-refractivity contribution in [2.45, 2.75) is 39.3 Å². The Morgan fingerprint density at radius 3 is 2.39 bits per heavy atom. The van der Waals surface area contributed by atoms with Gasteiger partial charge in [0.25, 0.3) is 0 Å². The summed E-state index contributed by atoms with van der Waals surface area (Å²) in [5, 5.41) is 9.56. The summed E-state index contributed by atoms with van der Waals surface area (Å²) in [6.45, 7) is 5.81. The number of benzene rings is 1. The maximum absolute atomic E-state index is 12.4. The van der Waals surface area contributed by atoms with Crippen molar-refractivity contribution in [1.29, 1.82) is 0 Å². The third-order valence-corrected chi connectivity index (χ3v) is 3.52. The van der Waals surface area contributed by atoms with E-state index in [0.29, 0.717) is 13.0 Å². The Morgan fingerprint density at radius 1 is 1.22 bits per heavy atom. The van der Waals surface area contributed by atoms with Crippen molar-refractivity contribution in [2.24, 2.45) is 0 Å². The van der Waals surface area contributed by atoms with E-state index in [-0.39, 0.29) is 19.8 Å². The fourth-order valence-electron chi connectivity index (χ4n) is 2.12. The summed E-state index contributed by atoms with van der Waals surface area (Å²) in [4.78, 5) is 25.3. The highest BCUT2D eigenvalue weighted by Crippen LogP contribution is 2.19. The molecule has 1 atom stereocenters. The molecule has 1 unspecified atom stereocenters. The van der Waals surface area contributed by atoms with Crippen LogP contribution in [0.1, 0.15) is 32.8 Å². The first-order chi connectivity index (χ1) is 11.0. The molecule has 0 fully saturated rings. The summed E-state index contributed by atoms with van der Waals surface area (Å²) in [5.41, 5.74) is -0.612. The van der Waals surface area contributed by atoms with Crippen LogP contribution in [-0.2, 0) is 20.9 Å². The predicted octanol–water partition coefficient (Wildman–Crippen LogP) is 2.92. The van der Waals surface area contributed by atoms with Crippen LogP contribution in [0.25, 0.3) is 0 Å². The van der Waals surface area contributed by atoms with Gasteiger partial charge in [-0.3, -0.25) is 4.90 Å². The predicted molar refractivity (Wildman–Crippen MR) is 86.2 cm³/mol. The molecule has 0 bridgehead atoms. The van der Waals surface area contributed by atoms with Crippen LogP contribution in [0.3, 0.4) is 0 Å². The van der Waals surface area contributed by atoms with Crippen LogP contribution in [0, 0.1) is 0 Å². The third kappa shape index (κ3) is 5.25. The number of ether oxygens (including phenoxy) is 2. The Kier molecular flexibility index (Phi) is 7.54. The van der Waals surface area contributed by atoms with Crippen LogP contribution >= 0.6 is 0 Å². The maximum atomic E-state index is 12.4. The summed E-state index contributed by atoms with van der Waals surface area (Å²) in [7, 11) is 0. The molecular weight excluding hydrogens is 298 g/mol. The van der Waals surface area contributed by atoms with Crippen molar-refractivity contribution >= 4 is 12.1 Å². The minimum absolute atomic E-state index is 0.0841. The van der Waals surface area contributed by atoms with Gasteiger partial charge in [0.1, 0.15) is 6.61 Å². The second kappa shape index (κ2) is 9.15. The topological polar surface area (TPSA) is 76.1 Å². The highest BCUT2D eigenvalue weighted by Gasteiger charge is 2.43. The first kappa shape index (κ1) is 19.0. The lowest BCUT2D eigenvalue weighted by Crippen LogP contribution is -2.58. The minimum atomic E-state index is -1.46. The van der Waals surface area contributed by atoms with Gasteiger partial charge in [-0.1, -0.05) is 37.3 Å². The van der Waals surface area contributed by atoms with Crippen molar-refractivity contribution in [3.8, 4) is 0 Å². The van der Waals surface area contributed by atoms with Gasteiger partial charge in [0, 0.05) is 13.2 Å². The monoisotopic (exact) mass is 323 g/mol. The lowest BCUT2D eigenvalue weighted by molar-refractivity contribution is -0.153. The molecule has 128 valence electrons. The van der Waals surface area contributed by atoms with Gasteiger partial charge < -0.3 is 14.6 Å². The molecule has 0 radical (unpaired) electrons. The molecule has 0 aliphatic rings. The van der Waals surface area contributed by atoms with Gasteiger partial charge in [-0.2, -0.15) is 0 Å². The fourth-order valence-corrected chi connectivity index (χ4v) is 2.12. The van der Waals surface area contributed by atoms with Gasteiger partial charge >= 0.3 is 12.1 Å². The van der Waals surface area contributed by atoms with Crippen molar-refractivity contribution in [1.82, 2.24) is 4.90 Å². The largest absolute Gasteiger partial charge is 0.479 e. The SMILES string of the molecule is CCCN(C(=O)OCc1ccccc1)C(C)(COCC)C(=O)O. The second-order valence-electron chi connectivity index (χ2n) is 5.41. The first-order valence-corrected chi connectivity index (χ1v) is 7.75. The number of hydrogen-bond acceptors (Lipinski definition) is 4. The van der Waals surface area contributed by atoms with Crippen molar-refractivity contribution in [3.05, 3.63) is 35.9 Å². The van der Waals surface area contributed by atoms with Gasteiger partial charge in [0.2, 0.25) is 0 Å². The minimum Gasteiger partial charge on any atom is -0.479 e.